The molecule has 2 aliphatic carbocycles. The number of nitrogens with zero attached hydrogens (tertiary/aromatic N) is 1. The summed E-state index contributed by atoms with van der Waals surface area (Å²) in [6, 6.07) is 17.8. The topological polar surface area (TPSA) is 82.1 Å². The minimum Gasteiger partial charge on any atom is -0.455 e. The van der Waals surface area contributed by atoms with Crippen LogP contribution < -0.4 is 0 Å². The summed E-state index contributed by atoms with van der Waals surface area (Å²) >= 11 is 0. The van der Waals surface area contributed by atoms with Gasteiger partial charge in [-0.05, 0) is 94.9 Å². The molecule has 1 saturated heterocycles. The Balaban J connectivity index is 1.38. The number of esters is 2. The number of hydrogen-bond acceptors (Lipinski definition) is 6. The van der Waals surface area contributed by atoms with Crippen LogP contribution in [0.5, 0.6) is 0 Å². The minimum atomic E-state index is -0.601. The molecule has 3 fully saturated rings. The van der Waals surface area contributed by atoms with E-state index < -0.39 is 29.7 Å². The maximum Gasteiger partial charge on any atom is 0.410 e. The van der Waals surface area contributed by atoms with Crippen LogP contribution in [0.15, 0.2) is 60.7 Å². The van der Waals surface area contributed by atoms with Crippen LogP contribution in [0.4, 0.5) is 4.79 Å². The Hall–Kier alpha value is -3.35. The van der Waals surface area contributed by atoms with Crippen LogP contribution in [0.25, 0.3) is 0 Å². The lowest BCUT2D eigenvalue weighted by atomic mass is 9.63. The van der Waals surface area contributed by atoms with E-state index in [-0.39, 0.29) is 24.0 Å². The van der Waals surface area contributed by atoms with E-state index in [1.165, 1.54) is 0 Å². The van der Waals surface area contributed by atoms with Gasteiger partial charge in [-0.15, -0.1) is 0 Å². The van der Waals surface area contributed by atoms with Crippen molar-refractivity contribution in [2.45, 2.75) is 76.7 Å². The van der Waals surface area contributed by atoms with Gasteiger partial charge >= 0.3 is 18.0 Å². The maximum atomic E-state index is 13.2. The molecule has 3 aliphatic rings. The number of likely N-dealkylation sites (tertiary alicyclic amines) is 1. The first-order valence-electron chi connectivity index (χ1n) is 13.7. The van der Waals surface area contributed by atoms with Crippen LogP contribution in [-0.2, 0) is 14.2 Å². The summed E-state index contributed by atoms with van der Waals surface area (Å²) in [5, 5.41) is 0. The Labute approximate surface area is 224 Å². The number of carbonyl (C=O) groups excluding carboxylic acids is 3. The number of fused-ring (bicyclic) bond motifs is 3. The highest BCUT2D eigenvalue weighted by atomic mass is 16.6. The fourth-order valence-corrected chi connectivity index (χ4v) is 6.53. The van der Waals surface area contributed by atoms with Crippen molar-refractivity contribution in [2.24, 2.45) is 17.8 Å². The smallest absolute Gasteiger partial charge is 0.410 e. The molecular weight excluding hydrogens is 482 g/mol. The summed E-state index contributed by atoms with van der Waals surface area (Å²) < 4.78 is 17.8. The molecule has 0 N–H and O–H groups in total. The number of ether oxygens (including phenoxy) is 3. The Kier molecular flexibility index (Phi) is 7.46. The summed E-state index contributed by atoms with van der Waals surface area (Å²) in [5.74, 6) is -0.0430. The van der Waals surface area contributed by atoms with Gasteiger partial charge in [0.05, 0.1) is 11.1 Å². The van der Waals surface area contributed by atoms with Crippen molar-refractivity contribution >= 4 is 18.0 Å². The summed E-state index contributed by atoms with van der Waals surface area (Å²) in [5.41, 5.74) is 0.360. The Morgan fingerprint density at radius 3 is 1.82 bits per heavy atom. The Morgan fingerprint density at radius 2 is 1.26 bits per heavy atom. The van der Waals surface area contributed by atoms with Crippen molar-refractivity contribution in [1.82, 2.24) is 4.90 Å². The number of carbonyl (C=O) groups is 3. The molecule has 6 unspecified atom stereocenters. The standard InChI is InChI=1S/C31H37NO6/c1-31(2,3)38-30(35)32-17-16-20-14-15-23-18-25(36-28(33)21-10-6-4-7-11-21)26(19-24(23)27(20)32)37-29(34)22-12-8-5-9-13-22/h4-13,20,23-27H,14-19H2,1-3H3. The second-order valence-electron chi connectivity index (χ2n) is 11.8. The zero-order valence-corrected chi connectivity index (χ0v) is 22.4. The molecule has 0 bridgehead atoms. The van der Waals surface area contributed by atoms with Gasteiger partial charge < -0.3 is 19.1 Å². The molecule has 0 radical (unpaired) electrons. The van der Waals surface area contributed by atoms with Gasteiger partial charge in [-0.1, -0.05) is 36.4 Å². The largest absolute Gasteiger partial charge is 0.455 e. The second-order valence-corrected chi connectivity index (χ2v) is 11.8. The van der Waals surface area contributed by atoms with Crippen LogP contribution >= 0.6 is 0 Å². The van der Waals surface area contributed by atoms with E-state index in [2.05, 4.69) is 0 Å². The first-order valence-corrected chi connectivity index (χ1v) is 13.7. The van der Waals surface area contributed by atoms with E-state index >= 15 is 0 Å². The molecule has 1 amide bonds. The Bertz CT molecular complexity index is 1140. The van der Waals surface area contributed by atoms with E-state index in [1.807, 2.05) is 37.8 Å². The van der Waals surface area contributed by atoms with Crippen molar-refractivity contribution in [3.8, 4) is 0 Å². The highest BCUT2D eigenvalue weighted by molar-refractivity contribution is 5.90. The summed E-state index contributed by atoms with van der Waals surface area (Å²) in [6.45, 7) is 6.32. The van der Waals surface area contributed by atoms with Crippen molar-refractivity contribution in [1.29, 1.82) is 0 Å². The molecule has 0 aromatic heterocycles. The lowest BCUT2D eigenvalue weighted by molar-refractivity contribution is -0.0960. The fraction of sp³-hybridized carbons (Fsp3) is 0.516. The van der Waals surface area contributed by atoms with E-state index in [0.29, 0.717) is 36.4 Å². The molecule has 202 valence electrons. The van der Waals surface area contributed by atoms with E-state index in [0.717, 1.165) is 19.3 Å². The molecular formula is C31H37NO6. The normalized spacial score (nSPS) is 28.6. The number of benzene rings is 2. The monoisotopic (exact) mass is 519 g/mol. The molecule has 7 heteroatoms. The molecule has 1 heterocycles. The molecule has 5 rings (SSSR count). The SMILES string of the molecule is CC(C)(C)OC(=O)N1CCC2CCC3CC(OC(=O)c4ccccc4)C(OC(=O)c4ccccc4)CC3C21. The van der Waals surface area contributed by atoms with Crippen LogP contribution in [0.2, 0.25) is 0 Å². The molecule has 2 aromatic rings. The summed E-state index contributed by atoms with van der Waals surface area (Å²) in [6.07, 6.45) is 2.69. The third-order valence-corrected chi connectivity index (χ3v) is 8.15. The highest BCUT2D eigenvalue weighted by Crippen LogP contribution is 2.50. The predicted molar refractivity (Wildman–Crippen MR) is 142 cm³/mol. The number of hydrogen-bond donors (Lipinski definition) is 0. The summed E-state index contributed by atoms with van der Waals surface area (Å²) in [7, 11) is 0. The number of rotatable bonds is 4. The van der Waals surface area contributed by atoms with Crippen molar-refractivity contribution < 1.29 is 28.6 Å². The summed E-state index contributed by atoms with van der Waals surface area (Å²) in [4.78, 5) is 41.1. The van der Waals surface area contributed by atoms with Crippen LogP contribution in [0.1, 0.15) is 73.6 Å². The van der Waals surface area contributed by atoms with Crippen molar-refractivity contribution in [3.05, 3.63) is 71.8 Å². The molecule has 2 aromatic carbocycles. The van der Waals surface area contributed by atoms with Gasteiger partial charge in [0.1, 0.15) is 17.8 Å². The predicted octanol–water partition coefficient (Wildman–Crippen LogP) is 5.88. The lowest BCUT2D eigenvalue weighted by Gasteiger charge is -2.49. The van der Waals surface area contributed by atoms with Crippen molar-refractivity contribution in [2.75, 3.05) is 6.54 Å². The first-order chi connectivity index (χ1) is 18.2. The van der Waals surface area contributed by atoms with Gasteiger partial charge in [-0.25, -0.2) is 14.4 Å². The molecule has 0 spiro atoms. The molecule has 2 saturated carbocycles. The van der Waals surface area contributed by atoms with Crippen molar-refractivity contribution in [3.63, 3.8) is 0 Å². The zero-order chi connectivity index (χ0) is 26.9. The van der Waals surface area contributed by atoms with E-state index in [9.17, 15) is 14.4 Å². The molecule has 38 heavy (non-hydrogen) atoms. The van der Waals surface area contributed by atoms with Gasteiger partial charge in [0.25, 0.3) is 0 Å². The number of amides is 1. The van der Waals surface area contributed by atoms with Crippen LogP contribution in [0.3, 0.4) is 0 Å². The average Bonchev–Trinajstić information content (AvgIpc) is 3.34. The van der Waals surface area contributed by atoms with E-state index in [4.69, 9.17) is 14.2 Å². The highest BCUT2D eigenvalue weighted by Gasteiger charge is 2.53. The Morgan fingerprint density at radius 1 is 0.737 bits per heavy atom. The zero-order valence-electron chi connectivity index (χ0n) is 22.4. The maximum absolute atomic E-state index is 13.2. The van der Waals surface area contributed by atoms with Gasteiger partial charge in [-0.3, -0.25) is 0 Å². The van der Waals surface area contributed by atoms with E-state index in [1.54, 1.807) is 48.5 Å². The van der Waals surface area contributed by atoms with Gasteiger partial charge in [0.2, 0.25) is 0 Å². The second kappa shape index (κ2) is 10.8. The quantitative estimate of drug-likeness (QED) is 0.370. The van der Waals surface area contributed by atoms with Crippen LogP contribution in [-0.4, -0.2) is 53.3 Å². The van der Waals surface area contributed by atoms with Gasteiger partial charge in [0.15, 0.2) is 0 Å². The molecule has 1 aliphatic heterocycles. The lowest BCUT2D eigenvalue weighted by Crippen LogP contribution is -2.54. The third-order valence-electron chi connectivity index (χ3n) is 8.15. The molecule has 6 atom stereocenters. The van der Waals surface area contributed by atoms with Gasteiger partial charge in [-0.2, -0.15) is 0 Å². The van der Waals surface area contributed by atoms with Crippen LogP contribution in [0, 0.1) is 17.8 Å². The van der Waals surface area contributed by atoms with Gasteiger partial charge in [0, 0.05) is 12.6 Å². The molecule has 7 nitrogen and oxygen atoms in total. The average molecular weight is 520 g/mol. The fourth-order valence-electron chi connectivity index (χ4n) is 6.53. The first kappa shape index (κ1) is 26.3. The third kappa shape index (κ3) is 5.71. The minimum absolute atomic E-state index is 0.0345.